The lowest BCUT2D eigenvalue weighted by atomic mass is 9.85. The Hall–Kier alpha value is -1.36. The number of halogens is 1. The molecular formula is C18H20ClNO2S. The van der Waals surface area contributed by atoms with Gasteiger partial charge in [0.05, 0.1) is 12.0 Å². The third-order valence-electron chi connectivity index (χ3n) is 4.51. The van der Waals surface area contributed by atoms with Crippen molar-refractivity contribution in [1.82, 2.24) is 5.32 Å². The Morgan fingerprint density at radius 3 is 2.43 bits per heavy atom. The van der Waals surface area contributed by atoms with Crippen LogP contribution in [-0.2, 0) is 4.79 Å². The molecule has 0 aliphatic heterocycles. The number of rotatable bonds is 5. The molecule has 5 heteroatoms. The van der Waals surface area contributed by atoms with Crippen molar-refractivity contribution in [3.05, 3.63) is 57.2 Å². The number of nitrogens with one attached hydrogen (secondary N) is 1. The smallest absolute Gasteiger partial charge is 0.306 e. The van der Waals surface area contributed by atoms with Gasteiger partial charge in [0, 0.05) is 15.9 Å². The maximum Gasteiger partial charge on any atom is 0.306 e. The topological polar surface area (TPSA) is 49.3 Å². The van der Waals surface area contributed by atoms with Gasteiger partial charge in [-0.1, -0.05) is 29.8 Å². The molecule has 2 aromatic rings. The average Bonchev–Trinajstić information content (AvgIpc) is 3.08. The van der Waals surface area contributed by atoms with Gasteiger partial charge in [-0.15, -0.1) is 11.3 Å². The molecule has 1 unspecified atom stereocenters. The normalized spacial score (nSPS) is 22.7. The summed E-state index contributed by atoms with van der Waals surface area (Å²) in [5.41, 5.74) is 1.19. The Morgan fingerprint density at radius 1 is 1.17 bits per heavy atom. The highest BCUT2D eigenvalue weighted by molar-refractivity contribution is 7.10. The van der Waals surface area contributed by atoms with Crippen LogP contribution in [0.1, 0.15) is 42.2 Å². The molecule has 1 atom stereocenters. The van der Waals surface area contributed by atoms with Crippen LogP contribution in [0.25, 0.3) is 0 Å². The fraction of sp³-hybridized carbons (Fsp3) is 0.389. The minimum Gasteiger partial charge on any atom is -0.481 e. The molecule has 1 heterocycles. The second-order valence-electron chi connectivity index (χ2n) is 6.05. The zero-order valence-electron chi connectivity index (χ0n) is 12.7. The molecule has 0 saturated heterocycles. The van der Waals surface area contributed by atoms with Gasteiger partial charge in [0.15, 0.2) is 0 Å². The fourth-order valence-electron chi connectivity index (χ4n) is 3.20. The lowest BCUT2D eigenvalue weighted by Gasteiger charge is -2.30. The van der Waals surface area contributed by atoms with Gasteiger partial charge in [0.2, 0.25) is 0 Å². The number of benzene rings is 1. The second kappa shape index (κ2) is 7.47. The summed E-state index contributed by atoms with van der Waals surface area (Å²) in [5, 5.41) is 15.7. The van der Waals surface area contributed by atoms with E-state index in [0.29, 0.717) is 6.04 Å². The maximum absolute atomic E-state index is 11.1. The van der Waals surface area contributed by atoms with Crippen LogP contribution in [0.2, 0.25) is 5.02 Å². The molecule has 1 aliphatic rings. The molecule has 0 radical (unpaired) electrons. The Bertz CT molecular complexity index is 634. The molecule has 0 bridgehead atoms. The van der Waals surface area contributed by atoms with Gasteiger partial charge in [-0.05, 0) is 54.8 Å². The van der Waals surface area contributed by atoms with E-state index in [2.05, 4.69) is 35.0 Å². The van der Waals surface area contributed by atoms with E-state index in [1.165, 1.54) is 10.4 Å². The molecular weight excluding hydrogens is 330 g/mol. The Balaban J connectivity index is 1.73. The number of hydrogen-bond acceptors (Lipinski definition) is 3. The number of hydrogen-bond donors (Lipinski definition) is 2. The van der Waals surface area contributed by atoms with Crippen LogP contribution < -0.4 is 5.32 Å². The summed E-state index contributed by atoms with van der Waals surface area (Å²) in [4.78, 5) is 12.4. The zero-order chi connectivity index (χ0) is 16.2. The van der Waals surface area contributed by atoms with Gasteiger partial charge in [-0.2, -0.15) is 0 Å². The van der Waals surface area contributed by atoms with Crippen molar-refractivity contribution in [2.45, 2.75) is 37.8 Å². The largest absolute Gasteiger partial charge is 0.481 e. The molecule has 0 amide bonds. The van der Waals surface area contributed by atoms with E-state index < -0.39 is 5.97 Å². The summed E-state index contributed by atoms with van der Waals surface area (Å²) >= 11 is 7.74. The number of carboxylic acid groups (broad SMARTS) is 1. The van der Waals surface area contributed by atoms with Crippen LogP contribution in [0.15, 0.2) is 41.8 Å². The van der Waals surface area contributed by atoms with E-state index in [1.54, 1.807) is 11.3 Å². The molecule has 0 spiro atoms. The molecule has 3 nitrogen and oxygen atoms in total. The van der Waals surface area contributed by atoms with Crippen molar-refractivity contribution in [3.8, 4) is 0 Å². The highest BCUT2D eigenvalue weighted by Gasteiger charge is 2.28. The van der Waals surface area contributed by atoms with Crippen LogP contribution >= 0.6 is 22.9 Å². The zero-order valence-corrected chi connectivity index (χ0v) is 14.3. The first-order valence-corrected chi connectivity index (χ1v) is 9.17. The highest BCUT2D eigenvalue weighted by atomic mass is 35.5. The first-order chi connectivity index (χ1) is 11.1. The van der Waals surface area contributed by atoms with Crippen molar-refractivity contribution in [1.29, 1.82) is 0 Å². The minimum atomic E-state index is -0.657. The third-order valence-corrected chi connectivity index (χ3v) is 5.70. The predicted molar refractivity (Wildman–Crippen MR) is 94.1 cm³/mol. The van der Waals surface area contributed by atoms with Crippen molar-refractivity contribution in [3.63, 3.8) is 0 Å². The maximum atomic E-state index is 11.1. The summed E-state index contributed by atoms with van der Waals surface area (Å²) in [6.07, 6.45) is 3.33. The first kappa shape index (κ1) is 16.5. The molecule has 1 aromatic heterocycles. The van der Waals surface area contributed by atoms with Crippen LogP contribution in [0.5, 0.6) is 0 Å². The quantitative estimate of drug-likeness (QED) is 0.820. The average molecular weight is 350 g/mol. The molecule has 122 valence electrons. The lowest BCUT2D eigenvalue weighted by molar-refractivity contribution is -0.142. The number of thiophene rings is 1. The Kier molecular flexibility index (Phi) is 5.36. The van der Waals surface area contributed by atoms with Gasteiger partial charge < -0.3 is 10.4 Å². The molecule has 1 aliphatic carbocycles. The summed E-state index contributed by atoms with van der Waals surface area (Å²) in [5.74, 6) is -0.834. The van der Waals surface area contributed by atoms with Crippen LogP contribution in [0.3, 0.4) is 0 Å². The van der Waals surface area contributed by atoms with Crippen molar-refractivity contribution in [2.24, 2.45) is 5.92 Å². The summed E-state index contributed by atoms with van der Waals surface area (Å²) in [7, 11) is 0. The summed E-state index contributed by atoms with van der Waals surface area (Å²) < 4.78 is 0. The number of aliphatic carboxylic acids is 1. The standard InChI is InChI=1S/C18H20ClNO2S/c19-14-7-3-12(4-8-14)17(16-2-1-11-23-16)20-15-9-5-13(6-10-15)18(21)22/h1-4,7-8,11,13,15,17,20H,5-6,9-10H2,(H,21,22). The van der Waals surface area contributed by atoms with Crippen LogP contribution in [-0.4, -0.2) is 17.1 Å². The minimum absolute atomic E-state index is 0.138. The summed E-state index contributed by atoms with van der Waals surface area (Å²) in [6.45, 7) is 0. The second-order valence-corrected chi connectivity index (χ2v) is 7.47. The van der Waals surface area contributed by atoms with E-state index in [9.17, 15) is 4.79 Å². The van der Waals surface area contributed by atoms with E-state index in [-0.39, 0.29) is 12.0 Å². The molecule has 23 heavy (non-hydrogen) atoms. The van der Waals surface area contributed by atoms with E-state index in [4.69, 9.17) is 16.7 Å². The number of carbonyl (C=O) groups is 1. The lowest BCUT2D eigenvalue weighted by Crippen LogP contribution is -2.37. The van der Waals surface area contributed by atoms with Gasteiger partial charge in [-0.3, -0.25) is 4.79 Å². The molecule has 3 rings (SSSR count). The van der Waals surface area contributed by atoms with Crippen molar-refractivity contribution >= 4 is 28.9 Å². The highest BCUT2D eigenvalue weighted by Crippen LogP contribution is 2.31. The molecule has 2 N–H and O–H groups in total. The molecule has 1 fully saturated rings. The van der Waals surface area contributed by atoms with Gasteiger partial charge >= 0.3 is 5.97 Å². The van der Waals surface area contributed by atoms with Gasteiger partial charge in [0.1, 0.15) is 0 Å². The molecule has 1 saturated carbocycles. The van der Waals surface area contributed by atoms with E-state index in [0.717, 1.165) is 30.7 Å². The Labute approximate surface area is 145 Å². The predicted octanol–water partition coefficient (Wildman–Crippen LogP) is 4.72. The monoisotopic (exact) mass is 349 g/mol. The Morgan fingerprint density at radius 2 is 1.87 bits per heavy atom. The third kappa shape index (κ3) is 4.14. The first-order valence-electron chi connectivity index (χ1n) is 7.91. The van der Waals surface area contributed by atoms with E-state index in [1.807, 2.05) is 12.1 Å². The molecule has 1 aromatic carbocycles. The van der Waals surface area contributed by atoms with Crippen LogP contribution in [0.4, 0.5) is 0 Å². The number of carboxylic acids is 1. The van der Waals surface area contributed by atoms with Crippen molar-refractivity contribution in [2.75, 3.05) is 0 Å². The summed E-state index contributed by atoms with van der Waals surface area (Å²) in [6, 6.07) is 12.6. The van der Waals surface area contributed by atoms with Crippen molar-refractivity contribution < 1.29 is 9.90 Å². The SMILES string of the molecule is O=C(O)C1CCC(NC(c2ccc(Cl)cc2)c2cccs2)CC1. The van der Waals surface area contributed by atoms with Gasteiger partial charge in [0.25, 0.3) is 0 Å². The van der Waals surface area contributed by atoms with E-state index >= 15 is 0 Å². The van der Waals surface area contributed by atoms with Gasteiger partial charge in [-0.25, -0.2) is 0 Å². The fourth-order valence-corrected chi connectivity index (χ4v) is 4.13. The van der Waals surface area contributed by atoms with Crippen LogP contribution in [0, 0.1) is 5.92 Å².